The molecule has 106 valence electrons. The normalized spacial score (nSPS) is 22.2. The summed E-state index contributed by atoms with van der Waals surface area (Å²) in [6, 6.07) is 9.67. The van der Waals surface area contributed by atoms with Gasteiger partial charge in [0.2, 0.25) is 0 Å². The number of rotatable bonds is 5. The Bertz CT molecular complexity index is 383. The molecular weight excluding hydrogens is 250 g/mol. The van der Waals surface area contributed by atoms with Crippen LogP contribution in [0, 0.1) is 5.41 Å². The zero-order chi connectivity index (χ0) is 13.7. The number of hydrogen-bond acceptors (Lipinski definition) is 2. The molecule has 1 N–H and O–H groups in total. The van der Waals surface area contributed by atoms with Crippen molar-refractivity contribution in [2.45, 2.75) is 52.5 Å². The van der Waals surface area contributed by atoms with Gasteiger partial charge >= 0.3 is 0 Å². The smallest absolute Gasteiger partial charge is 0.0357 e. The SMILES string of the molecule is CCCCc1ccc(NC2CSCC(C)(C)C2)cc1. The summed E-state index contributed by atoms with van der Waals surface area (Å²) in [6.45, 7) is 7.00. The van der Waals surface area contributed by atoms with Gasteiger partial charge in [0.25, 0.3) is 0 Å². The summed E-state index contributed by atoms with van der Waals surface area (Å²) in [4.78, 5) is 0. The first-order valence-corrected chi connectivity index (χ1v) is 8.68. The van der Waals surface area contributed by atoms with Crippen LogP contribution in [0.5, 0.6) is 0 Å². The number of aryl methyl sites for hydroxylation is 1. The second-order valence-corrected chi connectivity index (χ2v) is 7.56. The first-order valence-electron chi connectivity index (χ1n) is 7.52. The molecule has 0 bridgehead atoms. The molecule has 1 aromatic carbocycles. The van der Waals surface area contributed by atoms with E-state index < -0.39 is 0 Å². The first-order chi connectivity index (χ1) is 9.09. The Morgan fingerprint density at radius 3 is 2.63 bits per heavy atom. The van der Waals surface area contributed by atoms with Crippen molar-refractivity contribution in [1.82, 2.24) is 0 Å². The van der Waals surface area contributed by atoms with Crippen LogP contribution in [0.4, 0.5) is 5.69 Å². The van der Waals surface area contributed by atoms with E-state index in [1.165, 1.54) is 48.4 Å². The minimum absolute atomic E-state index is 0.474. The van der Waals surface area contributed by atoms with Crippen molar-refractivity contribution in [2.75, 3.05) is 16.8 Å². The fourth-order valence-electron chi connectivity index (χ4n) is 2.74. The average Bonchev–Trinajstić information content (AvgIpc) is 2.37. The lowest BCUT2D eigenvalue weighted by atomic mass is 9.88. The number of anilines is 1. The lowest BCUT2D eigenvalue weighted by molar-refractivity contribution is 0.358. The summed E-state index contributed by atoms with van der Waals surface area (Å²) >= 11 is 2.08. The summed E-state index contributed by atoms with van der Waals surface area (Å²) < 4.78 is 0. The average molecular weight is 277 g/mol. The molecular formula is C17H27NS. The van der Waals surface area contributed by atoms with E-state index in [4.69, 9.17) is 0 Å². The van der Waals surface area contributed by atoms with Crippen molar-refractivity contribution < 1.29 is 0 Å². The van der Waals surface area contributed by atoms with Crippen molar-refractivity contribution >= 4 is 17.4 Å². The number of thioether (sulfide) groups is 1. The van der Waals surface area contributed by atoms with Gasteiger partial charge in [-0.05, 0) is 48.1 Å². The van der Waals surface area contributed by atoms with E-state index in [2.05, 4.69) is 62.1 Å². The quantitative estimate of drug-likeness (QED) is 0.815. The van der Waals surface area contributed by atoms with E-state index in [1.807, 2.05) is 0 Å². The Balaban J connectivity index is 1.88. The number of nitrogens with one attached hydrogen (secondary N) is 1. The first kappa shape index (κ1) is 14.8. The van der Waals surface area contributed by atoms with E-state index in [9.17, 15) is 0 Å². The molecule has 0 radical (unpaired) electrons. The third-order valence-electron chi connectivity index (χ3n) is 3.75. The van der Waals surface area contributed by atoms with Crippen LogP contribution in [0.2, 0.25) is 0 Å². The Morgan fingerprint density at radius 2 is 2.00 bits per heavy atom. The second-order valence-electron chi connectivity index (χ2n) is 6.53. The summed E-state index contributed by atoms with van der Waals surface area (Å²) in [6.07, 6.45) is 5.05. The molecule has 2 heteroatoms. The molecule has 0 saturated carbocycles. The van der Waals surface area contributed by atoms with Gasteiger partial charge in [-0.2, -0.15) is 11.8 Å². The van der Waals surface area contributed by atoms with Crippen LogP contribution in [0.1, 0.15) is 45.6 Å². The van der Waals surface area contributed by atoms with Gasteiger partial charge in [-0.15, -0.1) is 0 Å². The second kappa shape index (κ2) is 6.69. The summed E-state index contributed by atoms with van der Waals surface area (Å²) in [5, 5.41) is 3.70. The van der Waals surface area contributed by atoms with Crippen LogP contribution in [0.3, 0.4) is 0 Å². The molecule has 1 aromatic rings. The Labute approximate surface area is 122 Å². The molecule has 1 aliphatic rings. The Hall–Kier alpha value is -0.630. The van der Waals surface area contributed by atoms with Gasteiger partial charge in [-0.3, -0.25) is 0 Å². The van der Waals surface area contributed by atoms with Crippen molar-refractivity contribution in [3.05, 3.63) is 29.8 Å². The van der Waals surface area contributed by atoms with Crippen LogP contribution in [0.15, 0.2) is 24.3 Å². The maximum atomic E-state index is 3.70. The predicted molar refractivity (Wildman–Crippen MR) is 88.2 cm³/mol. The van der Waals surface area contributed by atoms with Gasteiger partial charge in [-0.1, -0.05) is 39.3 Å². The molecule has 0 spiro atoms. The number of benzene rings is 1. The van der Waals surface area contributed by atoms with Crippen LogP contribution in [-0.4, -0.2) is 17.5 Å². The van der Waals surface area contributed by atoms with Crippen LogP contribution < -0.4 is 5.32 Å². The van der Waals surface area contributed by atoms with E-state index in [0.29, 0.717) is 11.5 Å². The number of unbranched alkanes of at least 4 members (excludes halogenated alkanes) is 1. The van der Waals surface area contributed by atoms with Crippen LogP contribution >= 0.6 is 11.8 Å². The number of hydrogen-bond donors (Lipinski definition) is 1. The van der Waals surface area contributed by atoms with E-state index in [1.54, 1.807) is 0 Å². The van der Waals surface area contributed by atoms with Crippen molar-refractivity contribution in [1.29, 1.82) is 0 Å². The highest BCUT2D eigenvalue weighted by Gasteiger charge is 2.28. The Kier molecular flexibility index (Phi) is 5.20. The minimum Gasteiger partial charge on any atom is -0.381 e. The minimum atomic E-state index is 0.474. The van der Waals surface area contributed by atoms with E-state index >= 15 is 0 Å². The molecule has 1 fully saturated rings. The van der Waals surface area contributed by atoms with Gasteiger partial charge in [0.15, 0.2) is 0 Å². The van der Waals surface area contributed by atoms with Gasteiger partial charge in [-0.25, -0.2) is 0 Å². The van der Waals surface area contributed by atoms with Gasteiger partial charge in [0.05, 0.1) is 0 Å². The van der Waals surface area contributed by atoms with Gasteiger partial charge in [0, 0.05) is 17.5 Å². The fourth-order valence-corrected chi connectivity index (χ4v) is 4.01. The van der Waals surface area contributed by atoms with E-state index in [0.717, 1.165) is 0 Å². The zero-order valence-electron chi connectivity index (χ0n) is 12.5. The molecule has 1 unspecified atom stereocenters. The molecule has 1 aliphatic heterocycles. The molecule has 1 atom stereocenters. The fraction of sp³-hybridized carbons (Fsp3) is 0.647. The molecule has 0 aliphatic carbocycles. The summed E-state index contributed by atoms with van der Waals surface area (Å²) in [5.41, 5.74) is 3.22. The molecule has 19 heavy (non-hydrogen) atoms. The van der Waals surface area contributed by atoms with Gasteiger partial charge in [0.1, 0.15) is 0 Å². The lowest BCUT2D eigenvalue weighted by Gasteiger charge is -2.35. The third-order valence-corrected chi connectivity index (χ3v) is 5.38. The topological polar surface area (TPSA) is 12.0 Å². The molecule has 1 saturated heterocycles. The maximum Gasteiger partial charge on any atom is 0.0357 e. The molecule has 1 nitrogen and oxygen atoms in total. The zero-order valence-corrected chi connectivity index (χ0v) is 13.4. The molecule has 0 amide bonds. The van der Waals surface area contributed by atoms with Gasteiger partial charge < -0.3 is 5.32 Å². The monoisotopic (exact) mass is 277 g/mol. The predicted octanol–water partition coefficient (Wildman–Crippen LogP) is 4.97. The Morgan fingerprint density at radius 1 is 1.26 bits per heavy atom. The van der Waals surface area contributed by atoms with Crippen molar-refractivity contribution in [3.63, 3.8) is 0 Å². The van der Waals surface area contributed by atoms with Crippen LogP contribution in [-0.2, 0) is 6.42 Å². The molecule has 2 rings (SSSR count). The third kappa shape index (κ3) is 4.76. The van der Waals surface area contributed by atoms with Crippen molar-refractivity contribution in [3.8, 4) is 0 Å². The molecule has 1 heterocycles. The highest BCUT2D eigenvalue weighted by Crippen LogP contribution is 2.34. The highest BCUT2D eigenvalue weighted by molar-refractivity contribution is 7.99. The summed E-state index contributed by atoms with van der Waals surface area (Å²) in [5.74, 6) is 2.53. The highest BCUT2D eigenvalue weighted by atomic mass is 32.2. The van der Waals surface area contributed by atoms with Crippen molar-refractivity contribution in [2.24, 2.45) is 5.41 Å². The van der Waals surface area contributed by atoms with Crippen LogP contribution in [0.25, 0.3) is 0 Å². The largest absolute Gasteiger partial charge is 0.381 e. The molecule has 0 aromatic heterocycles. The standard InChI is InChI=1S/C17H27NS/c1-4-5-6-14-7-9-15(10-8-14)18-16-11-17(2,3)13-19-12-16/h7-10,16,18H,4-6,11-13H2,1-3H3. The lowest BCUT2D eigenvalue weighted by Crippen LogP contribution is -2.35. The van der Waals surface area contributed by atoms with E-state index in [-0.39, 0.29) is 0 Å². The summed E-state index contributed by atoms with van der Waals surface area (Å²) in [7, 11) is 0. The maximum absolute atomic E-state index is 3.70.